The molecule has 1 saturated heterocycles. The Bertz CT molecular complexity index is 1220. The van der Waals surface area contributed by atoms with Gasteiger partial charge >= 0.3 is 0 Å². The van der Waals surface area contributed by atoms with Gasteiger partial charge in [0.05, 0.1) is 10.6 Å². The fraction of sp³-hybridized carbons (Fsp3) is 0.0952. The molecule has 2 amide bonds. The summed E-state index contributed by atoms with van der Waals surface area (Å²) in [5.74, 6) is -1.78. The first kappa shape index (κ1) is 17.1. The fourth-order valence-electron chi connectivity index (χ4n) is 3.74. The minimum atomic E-state index is -1.03. The summed E-state index contributed by atoms with van der Waals surface area (Å²) in [5, 5.41) is 16.7. The molecule has 0 radical (unpaired) electrons. The van der Waals surface area contributed by atoms with Crippen LogP contribution in [0.4, 0.5) is 11.4 Å². The van der Waals surface area contributed by atoms with Gasteiger partial charge in [0.25, 0.3) is 11.6 Å². The summed E-state index contributed by atoms with van der Waals surface area (Å²) in [4.78, 5) is 42.8. The predicted octanol–water partition coefficient (Wildman–Crippen LogP) is 3.04. The van der Waals surface area contributed by atoms with Gasteiger partial charge in [-0.05, 0) is 35.0 Å². The number of hydrogen-bond donors (Lipinski definition) is 0. The Hall–Kier alpha value is -4.07. The first-order valence-electron chi connectivity index (χ1n) is 8.90. The summed E-state index contributed by atoms with van der Waals surface area (Å²) in [6.45, 7) is 0. The zero-order chi connectivity index (χ0) is 20.1. The SMILES string of the molecule is O=C1[C@H]2C(c3ccc([N+](=O)[O-])cc3)=NO[C@@H]2C(=O)N1c1ccc2ccccc2c1. The fourth-order valence-corrected chi connectivity index (χ4v) is 3.74. The van der Waals surface area contributed by atoms with Gasteiger partial charge in [-0.15, -0.1) is 0 Å². The van der Waals surface area contributed by atoms with Crippen molar-refractivity contribution < 1.29 is 19.3 Å². The number of oxime groups is 1. The Labute approximate surface area is 164 Å². The molecule has 3 aromatic rings. The number of rotatable bonds is 3. The third kappa shape index (κ3) is 2.57. The number of benzene rings is 3. The minimum Gasteiger partial charge on any atom is -0.381 e. The molecule has 0 bridgehead atoms. The van der Waals surface area contributed by atoms with E-state index in [0.717, 1.165) is 15.7 Å². The van der Waals surface area contributed by atoms with Crippen molar-refractivity contribution in [3.63, 3.8) is 0 Å². The lowest BCUT2D eigenvalue weighted by Gasteiger charge is -2.16. The van der Waals surface area contributed by atoms with Crippen LogP contribution in [0.5, 0.6) is 0 Å². The van der Waals surface area contributed by atoms with Gasteiger partial charge in [-0.3, -0.25) is 19.7 Å². The molecule has 0 aromatic heterocycles. The smallest absolute Gasteiger partial charge is 0.278 e. The number of carbonyl (C=O) groups excluding carboxylic acids is 2. The van der Waals surface area contributed by atoms with Crippen LogP contribution in [0.25, 0.3) is 10.8 Å². The van der Waals surface area contributed by atoms with Crippen molar-refractivity contribution in [3.05, 3.63) is 82.4 Å². The maximum atomic E-state index is 13.1. The number of nitrogens with zero attached hydrogens (tertiary/aromatic N) is 3. The number of non-ortho nitro benzene ring substituents is 1. The van der Waals surface area contributed by atoms with Gasteiger partial charge < -0.3 is 4.84 Å². The van der Waals surface area contributed by atoms with Crippen molar-refractivity contribution in [1.82, 2.24) is 0 Å². The summed E-state index contributed by atoms with van der Waals surface area (Å²) in [7, 11) is 0. The average molecular weight is 387 g/mol. The molecule has 5 rings (SSSR count). The second kappa shape index (κ2) is 6.23. The highest BCUT2D eigenvalue weighted by molar-refractivity contribution is 6.32. The molecular formula is C21H13N3O5. The molecule has 2 heterocycles. The Morgan fingerprint density at radius 3 is 2.38 bits per heavy atom. The quantitative estimate of drug-likeness (QED) is 0.390. The number of fused-ring (bicyclic) bond motifs is 2. The molecule has 0 aliphatic carbocycles. The van der Waals surface area contributed by atoms with E-state index in [4.69, 9.17) is 4.84 Å². The van der Waals surface area contributed by atoms with Crippen LogP contribution in [0.2, 0.25) is 0 Å². The molecule has 142 valence electrons. The normalized spacial score (nSPS) is 20.6. The molecule has 29 heavy (non-hydrogen) atoms. The van der Waals surface area contributed by atoms with Crippen molar-refractivity contribution in [2.75, 3.05) is 4.90 Å². The van der Waals surface area contributed by atoms with E-state index in [1.165, 1.54) is 24.3 Å². The lowest BCUT2D eigenvalue weighted by atomic mass is 9.94. The van der Waals surface area contributed by atoms with E-state index in [1.807, 2.05) is 30.3 Å². The van der Waals surface area contributed by atoms with Gasteiger partial charge in [0.1, 0.15) is 11.6 Å². The summed E-state index contributed by atoms with van der Waals surface area (Å²) >= 11 is 0. The third-order valence-electron chi connectivity index (χ3n) is 5.18. The first-order chi connectivity index (χ1) is 14.0. The molecule has 1 fully saturated rings. The number of anilines is 1. The molecule has 8 nitrogen and oxygen atoms in total. The zero-order valence-electron chi connectivity index (χ0n) is 14.9. The molecule has 8 heteroatoms. The van der Waals surface area contributed by atoms with E-state index in [1.54, 1.807) is 12.1 Å². The standard InChI is InChI=1S/C21H13N3O5/c25-20-17-18(13-6-8-15(9-7-13)24(27)28)22-29-19(17)21(26)23(20)16-10-5-12-3-1-2-4-14(12)11-16/h1-11,17,19H/t17-,19-/m0/s1. The van der Waals surface area contributed by atoms with Crippen LogP contribution < -0.4 is 4.90 Å². The van der Waals surface area contributed by atoms with Crippen LogP contribution in [0.3, 0.4) is 0 Å². The average Bonchev–Trinajstić information content (AvgIpc) is 3.28. The van der Waals surface area contributed by atoms with Crippen molar-refractivity contribution in [3.8, 4) is 0 Å². The monoisotopic (exact) mass is 387 g/mol. The maximum Gasteiger partial charge on any atom is 0.278 e. The predicted molar refractivity (Wildman–Crippen MR) is 104 cm³/mol. The van der Waals surface area contributed by atoms with Crippen LogP contribution in [-0.4, -0.2) is 28.6 Å². The molecule has 2 aliphatic heterocycles. The number of carbonyl (C=O) groups is 2. The Kier molecular flexibility index (Phi) is 3.67. The van der Waals surface area contributed by atoms with E-state index < -0.39 is 28.8 Å². The molecule has 3 aromatic carbocycles. The van der Waals surface area contributed by atoms with Gasteiger partial charge in [0, 0.05) is 17.7 Å². The van der Waals surface area contributed by atoms with Crippen molar-refractivity contribution in [2.45, 2.75) is 6.10 Å². The van der Waals surface area contributed by atoms with Crippen molar-refractivity contribution in [1.29, 1.82) is 0 Å². The Balaban J connectivity index is 1.49. The van der Waals surface area contributed by atoms with E-state index in [2.05, 4.69) is 5.16 Å². The largest absolute Gasteiger partial charge is 0.381 e. The number of imide groups is 1. The van der Waals surface area contributed by atoms with E-state index in [-0.39, 0.29) is 5.69 Å². The Morgan fingerprint density at radius 2 is 1.66 bits per heavy atom. The molecule has 0 saturated carbocycles. The molecule has 0 unspecified atom stereocenters. The molecule has 2 aliphatic rings. The lowest BCUT2D eigenvalue weighted by molar-refractivity contribution is -0.384. The van der Waals surface area contributed by atoms with Gasteiger partial charge in [-0.1, -0.05) is 35.5 Å². The van der Waals surface area contributed by atoms with Crippen molar-refractivity contribution >= 4 is 39.7 Å². The van der Waals surface area contributed by atoms with Gasteiger partial charge in [0.15, 0.2) is 0 Å². The highest BCUT2D eigenvalue weighted by Crippen LogP contribution is 2.36. The highest BCUT2D eigenvalue weighted by atomic mass is 16.7. The second-order valence-electron chi connectivity index (χ2n) is 6.83. The van der Waals surface area contributed by atoms with Crippen LogP contribution in [-0.2, 0) is 14.4 Å². The number of amides is 2. The Morgan fingerprint density at radius 1 is 0.931 bits per heavy atom. The maximum absolute atomic E-state index is 13.1. The number of nitro benzene ring substituents is 1. The van der Waals surface area contributed by atoms with E-state index >= 15 is 0 Å². The zero-order valence-corrected chi connectivity index (χ0v) is 14.9. The summed E-state index contributed by atoms with van der Waals surface area (Å²) < 4.78 is 0. The topological polar surface area (TPSA) is 102 Å². The molecule has 0 spiro atoms. The van der Waals surface area contributed by atoms with Crippen LogP contribution in [0, 0.1) is 16.0 Å². The van der Waals surface area contributed by atoms with E-state index in [9.17, 15) is 19.7 Å². The molecule has 0 N–H and O–H groups in total. The second-order valence-corrected chi connectivity index (χ2v) is 6.83. The summed E-state index contributed by atoms with van der Waals surface area (Å²) in [6, 6.07) is 18.7. The minimum absolute atomic E-state index is 0.0727. The van der Waals surface area contributed by atoms with Gasteiger partial charge in [-0.25, -0.2) is 4.90 Å². The van der Waals surface area contributed by atoms with Gasteiger partial charge in [0.2, 0.25) is 12.0 Å². The number of nitro groups is 1. The van der Waals surface area contributed by atoms with Crippen LogP contribution in [0.15, 0.2) is 71.9 Å². The molecular weight excluding hydrogens is 374 g/mol. The summed E-state index contributed by atoms with van der Waals surface area (Å²) in [6.07, 6.45) is -1.03. The molecule has 2 atom stereocenters. The first-order valence-corrected chi connectivity index (χ1v) is 8.90. The third-order valence-corrected chi connectivity index (χ3v) is 5.18. The van der Waals surface area contributed by atoms with Crippen molar-refractivity contribution in [2.24, 2.45) is 11.1 Å². The lowest BCUT2D eigenvalue weighted by Crippen LogP contribution is -2.33. The van der Waals surface area contributed by atoms with Crippen LogP contribution >= 0.6 is 0 Å². The summed E-state index contributed by atoms with van der Waals surface area (Å²) in [5.41, 5.74) is 1.20. The van der Waals surface area contributed by atoms with Gasteiger partial charge in [-0.2, -0.15) is 0 Å². The number of hydrogen-bond acceptors (Lipinski definition) is 6. The van der Waals surface area contributed by atoms with Crippen LogP contribution in [0.1, 0.15) is 5.56 Å². The van der Waals surface area contributed by atoms with E-state index in [0.29, 0.717) is 17.0 Å². The highest BCUT2D eigenvalue weighted by Gasteiger charge is 2.56.